The molecular formula is C12H13ClN4O. The molecule has 5 nitrogen and oxygen atoms in total. The lowest BCUT2D eigenvalue weighted by Crippen LogP contribution is -2.24. The van der Waals surface area contributed by atoms with E-state index in [4.69, 9.17) is 17.3 Å². The number of hydrogen-bond acceptors (Lipinski definition) is 3. The fraction of sp³-hybridized carbons (Fsp3) is 0.167. The maximum absolute atomic E-state index is 11.9. The molecule has 0 aliphatic heterocycles. The molecule has 0 bridgehead atoms. The van der Waals surface area contributed by atoms with Gasteiger partial charge >= 0.3 is 0 Å². The molecule has 1 heterocycles. The van der Waals surface area contributed by atoms with Crippen molar-refractivity contribution in [1.82, 2.24) is 15.1 Å². The highest BCUT2D eigenvalue weighted by Crippen LogP contribution is 2.16. The van der Waals surface area contributed by atoms with Crippen LogP contribution >= 0.6 is 11.6 Å². The van der Waals surface area contributed by atoms with Gasteiger partial charge in [-0.25, -0.2) is 0 Å². The Morgan fingerprint density at radius 1 is 1.50 bits per heavy atom. The number of hydrogen-bond donors (Lipinski definition) is 2. The first-order valence-corrected chi connectivity index (χ1v) is 5.75. The van der Waals surface area contributed by atoms with E-state index in [1.807, 2.05) is 13.1 Å². The monoisotopic (exact) mass is 264 g/mol. The highest BCUT2D eigenvalue weighted by Gasteiger charge is 2.08. The molecular weight excluding hydrogens is 252 g/mol. The Morgan fingerprint density at radius 3 is 2.89 bits per heavy atom. The van der Waals surface area contributed by atoms with Gasteiger partial charge in [-0.1, -0.05) is 11.6 Å². The molecule has 0 aliphatic rings. The first-order chi connectivity index (χ1) is 8.56. The van der Waals surface area contributed by atoms with Crippen molar-refractivity contribution >= 4 is 23.2 Å². The summed E-state index contributed by atoms with van der Waals surface area (Å²) >= 11 is 5.85. The van der Waals surface area contributed by atoms with Gasteiger partial charge in [0.05, 0.1) is 12.2 Å². The van der Waals surface area contributed by atoms with Crippen LogP contribution in [0.25, 0.3) is 0 Å². The number of nitrogens with two attached hydrogens (primary N) is 1. The highest BCUT2D eigenvalue weighted by atomic mass is 35.5. The van der Waals surface area contributed by atoms with Crippen LogP contribution < -0.4 is 11.1 Å². The lowest BCUT2D eigenvalue weighted by atomic mass is 10.2. The van der Waals surface area contributed by atoms with Crippen LogP contribution in [0.2, 0.25) is 5.02 Å². The van der Waals surface area contributed by atoms with Gasteiger partial charge < -0.3 is 11.1 Å². The maximum Gasteiger partial charge on any atom is 0.251 e. The zero-order valence-corrected chi connectivity index (χ0v) is 10.6. The lowest BCUT2D eigenvalue weighted by molar-refractivity contribution is 0.0950. The number of carbonyl (C=O) groups excluding carboxylic acids is 1. The summed E-state index contributed by atoms with van der Waals surface area (Å²) in [5.41, 5.74) is 7.46. The van der Waals surface area contributed by atoms with Gasteiger partial charge in [0, 0.05) is 29.5 Å². The third kappa shape index (κ3) is 2.81. The predicted octanol–water partition coefficient (Wildman–Crippen LogP) is 1.59. The Morgan fingerprint density at radius 2 is 2.28 bits per heavy atom. The van der Waals surface area contributed by atoms with E-state index in [1.165, 1.54) is 0 Å². The third-order valence-corrected chi connectivity index (χ3v) is 2.75. The number of benzene rings is 1. The number of aryl methyl sites for hydroxylation is 1. The Bertz CT molecular complexity index is 559. The van der Waals surface area contributed by atoms with E-state index in [9.17, 15) is 4.79 Å². The average Bonchev–Trinajstić information content (AvgIpc) is 2.70. The van der Waals surface area contributed by atoms with Crippen LogP contribution in [-0.2, 0) is 13.6 Å². The zero-order chi connectivity index (χ0) is 13.1. The molecule has 3 N–H and O–H groups in total. The zero-order valence-electron chi connectivity index (χ0n) is 9.85. The number of aromatic nitrogens is 2. The Hall–Kier alpha value is -2.01. The number of nitrogens with one attached hydrogen (secondary N) is 1. The van der Waals surface area contributed by atoms with Crippen LogP contribution in [-0.4, -0.2) is 15.7 Å². The van der Waals surface area contributed by atoms with E-state index in [0.717, 1.165) is 5.69 Å². The van der Waals surface area contributed by atoms with Crippen molar-refractivity contribution < 1.29 is 4.79 Å². The van der Waals surface area contributed by atoms with Gasteiger partial charge in [-0.05, 0) is 24.3 Å². The van der Waals surface area contributed by atoms with Gasteiger partial charge in [0.25, 0.3) is 5.91 Å². The number of anilines is 1. The van der Waals surface area contributed by atoms with Gasteiger partial charge in [-0.2, -0.15) is 5.10 Å². The summed E-state index contributed by atoms with van der Waals surface area (Å²) in [4.78, 5) is 11.9. The minimum Gasteiger partial charge on any atom is -0.399 e. The largest absolute Gasteiger partial charge is 0.399 e. The molecule has 0 saturated heterocycles. The Kier molecular flexibility index (Phi) is 3.53. The summed E-state index contributed by atoms with van der Waals surface area (Å²) < 4.78 is 1.70. The smallest absolute Gasteiger partial charge is 0.251 e. The van der Waals surface area contributed by atoms with Crippen molar-refractivity contribution in [2.75, 3.05) is 5.73 Å². The number of carbonyl (C=O) groups is 1. The molecule has 0 aliphatic carbocycles. The van der Waals surface area contributed by atoms with Crippen LogP contribution in [0.15, 0.2) is 30.5 Å². The second kappa shape index (κ2) is 5.10. The SMILES string of the molecule is Cn1nccc1CNC(=O)c1cc(N)cc(Cl)c1. The van der Waals surface area contributed by atoms with Crippen LogP contribution in [0.1, 0.15) is 16.1 Å². The summed E-state index contributed by atoms with van der Waals surface area (Å²) in [5.74, 6) is -0.217. The fourth-order valence-corrected chi connectivity index (χ4v) is 1.83. The van der Waals surface area contributed by atoms with Crippen LogP contribution in [0.5, 0.6) is 0 Å². The van der Waals surface area contributed by atoms with E-state index in [-0.39, 0.29) is 5.91 Å². The molecule has 1 aromatic carbocycles. The van der Waals surface area contributed by atoms with Gasteiger partial charge in [-0.15, -0.1) is 0 Å². The van der Waals surface area contributed by atoms with Gasteiger partial charge in [-0.3, -0.25) is 9.48 Å². The first kappa shape index (κ1) is 12.4. The van der Waals surface area contributed by atoms with Gasteiger partial charge in [0.1, 0.15) is 0 Å². The number of nitrogens with zero attached hydrogens (tertiary/aromatic N) is 2. The summed E-state index contributed by atoms with van der Waals surface area (Å²) in [6.07, 6.45) is 1.68. The summed E-state index contributed by atoms with van der Waals surface area (Å²) in [6.45, 7) is 0.405. The molecule has 1 amide bonds. The molecule has 0 unspecified atom stereocenters. The van der Waals surface area contributed by atoms with E-state index in [1.54, 1.807) is 29.1 Å². The molecule has 18 heavy (non-hydrogen) atoms. The summed E-state index contributed by atoms with van der Waals surface area (Å²) in [6, 6.07) is 6.60. The Labute approximate surface area is 110 Å². The second-order valence-electron chi connectivity index (χ2n) is 3.90. The van der Waals surface area contributed by atoms with Crippen molar-refractivity contribution in [2.45, 2.75) is 6.54 Å². The van der Waals surface area contributed by atoms with E-state index in [2.05, 4.69) is 10.4 Å². The van der Waals surface area contributed by atoms with Crippen molar-refractivity contribution in [3.05, 3.63) is 46.7 Å². The van der Waals surface area contributed by atoms with E-state index in [0.29, 0.717) is 22.8 Å². The van der Waals surface area contributed by atoms with Crippen molar-refractivity contribution in [1.29, 1.82) is 0 Å². The minimum absolute atomic E-state index is 0.217. The summed E-state index contributed by atoms with van der Waals surface area (Å²) in [7, 11) is 1.82. The molecule has 0 radical (unpaired) electrons. The van der Waals surface area contributed by atoms with E-state index >= 15 is 0 Å². The molecule has 94 valence electrons. The predicted molar refractivity (Wildman–Crippen MR) is 70.2 cm³/mol. The molecule has 0 spiro atoms. The number of rotatable bonds is 3. The molecule has 2 rings (SSSR count). The summed E-state index contributed by atoms with van der Waals surface area (Å²) in [5, 5.41) is 7.25. The van der Waals surface area contributed by atoms with Crippen molar-refractivity contribution in [2.24, 2.45) is 7.05 Å². The van der Waals surface area contributed by atoms with Gasteiger partial charge in [0.2, 0.25) is 0 Å². The number of halogens is 1. The normalized spacial score (nSPS) is 10.3. The topological polar surface area (TPSA) is 72.9 Å². The molecule has 2 aromatic rings. The lowest BCUT2D eigenvalue weighted by Gasteiger charge is -2.06. The molecule has 0 saturated carbocycles. The van der Waals surface area contributed by atoms with Crippen LogP contribution in [0, 0.1) is 0 Å². The standard InChI is InChI=1S/C12H13ClN4O/c1-17-11(2-3-16-17)7-15-12(18)8-4-9(13)6-10(14)5-8/h2-6H,7,14H2,1H3,(H,15,18). The average molecular weight is 265 g/mol. The fourth-order valence-electron chi connectivity index (χ4n) is 1.59. The third-order valence-electron chi connectivity index (χ3n) is 2.53. The van der Waals surface area contributed by atoms with Crippen LogP contribution in [0.3, 0.4) is 0 Å². The quantitative estimate of drug-likeness (QED) is 0.827. The number of amides is 1. The first-order valence-electron chi connectivity index (χ1n) is 5.37. The Balaban J connectivity index is 2.06. The molecule has 1 aromatic heterocycles. The van der Waals surface area contributed by atoms with Gasteiger partial charge in [0.15, 0.2) is 0 Å². The second-order valence-corrected chi connectivity index (χ2v) is 4.34. The van der Waals surface area contributed by atoms with E-state index < -0.39 is 0 Å². The molecule has 0 atom stereocenters. The van der Waals surface area contributed by atoms with Crippen molar-refractivity contribution in [3.63, 3.8) is 0 Å². The van der Waals surface area contributed by atoms with Crippen LogP contribution in [0.4, 0.5) is 5.69 Å². The minimum atomic E-state index is -0.217. The number of nitrogen functional groups attached to an aromatic ring is 1. The highest BCUT2D eigenvalue weighted by molar-refractivity contribution is 6.31. The van der Waals surface area contributed by atoms with Crippen molar-refractivity contribution in [3.8, 4) is 0 Å². The maximum atomic E-state index is 11.9. The molecule has 6 heteroatoms. The molecule has 0 fully saturated rings.